The zero-order valence-corrected chi connectivity index (χ0v) is 17.4. The third-order valence-corrected chi connectivity index (χ3v) is 5.48. The first-order chi connectivity index (χ1) is 15.2. The van der Waals surface area contributed by atoms with Gasteiger partial charge in [0.15, 0.2) is 17.5 Å². The van der Waals surface area contributed by atoms with Crippen molar-refractivity contribution < 1.29 is 14.6 Å². The number of hydrazone groups is 1. The Morgan fingerprint density at radius 3 is 2.39 bits per heavy atom. The van der Waals surface area contributed by atoms with Gasteiger partial charge in [0.05, 0.1) is 32.0 Å². The SMILES string of the molecule is COc1ccc(C2=NN([C@@H](C#N)c3cccc(OC)c3O)[C@H](c3ccccc3)C2)cc1. The van der Waals surface area contributed by atoms with E-state index in [2.05, 4.69) is 6.07 Å². The topological polar surface area (TPSA) is 78.1 Å². The summed E-state index contributed by atoms with van der Waals surface area (Å²) in [7, 11) is 3.12. The predicted molar refractivity (Wildman–Crippen MR) is 118 cm³/mol. The third kappa shape index (κ3) is 3.90. The second-order valence-corrected chi connectivity index (χ2v) is 7.22. The molecule has 0 aromatic heterocycles. The Morgan fingerprint density at radius 1 is 1.00 bits per heavy atom. The van der Waals surface area contributed by atoms with Crippen LogP contribution in [-0.2, 0) is 0 Å². The average Bonchev–Trinajstić information content (AvgIpc) is 3.26. The number of nitriles is 1. The zero-order valence-electron chi connectivity index (χ0n) is 17.4. The van der Waals surface area contributed by atoms with Crippen LogP contribution in [0.25, 0.3) is 0 Å². The van der Waals surface area contributed by atoms with E-state index in [1.807, 2.05) is 54.6 Å². The van der Waals surface area contributed by atoms with Gasteiger partial charge in [0.2, 0.25) is 0 Å². The Morgan fingerprint density at radius 2 is 1.74 bits per heavy atom. The van der Waals surface area contributed by atoms with Crippen molar-refractivity contribution in [3.05, 3.63) is 89.5 Å². The molecular formula is C25H23N3O3. The molecule has 31 heavy (non-hydrogen) atoms. The van der Waals surface area contributed by atoms with Crippen LogP contribution in [0.2, 0.25) is 0 Å². The quantitative estimate of drug-likeness (QED) is 0.627. The Balaban J connectivity index is 1.78. The smallest absolute Gasteiger partial charge is 0.164 e. The number of phenols is 1. The van der Waals surface area contributed by atoms with Crippen molar-refractivity contribution in [2.75, 3.05) is 14.2 Å². The third-order valence-electron chi connectivity index (χ3n) is 5.48. The van der Waals surface area contributed by atoms with E-state index >= 15 is 0 Å². The molecule has 0 radical (unpaired) electrons. The van der Waals surface area contributed by atoms with Crippen molar-refractivity contribution in [3.63, 3.8) is 0 Å². The van der Waals surface area contributed by atoms with Crippen molar-refractivity contribution in [2.45, 2.75) is 18.5 Å². The lowest BCUT2D eigenvalue weighted by Gasteiger charge is -2.29. The zero-order chi connectivity index (χ0) is 21.8. The standard InChI is InChI=1S/C25H23N3O3/c1-30-19-13-11-17(12-14-19)21-15-22(18-7-4-3-5-8-18)28(27-21)23(16-26)20-9-6-10-24(31-2)25(20)29/h3-14,22-23,29H,15H2,1-2H3/t22-,23-/m0/s1. The monoisotopic (exact) mass is 413 g/mol. The second kappa shape index (κ2) is 8.80. The minimum absolute atomic E-state index is 0.0449. The van der Waals surface area contributed by atoms with Gasteiger partial charge in [-0.25, -0.2) is 0 Å². The molecule has 1 aliphatic rings. The van der Waals surface area contributed by atoms with E-state index in [1.165, 1.54) is 7.11 Å². The van der Waals surface area contributed by atoms with E-state index in [9.17, 15) is 10.4 Å². The van der Waals surface area contributed by atoms with Crippen LogP contribution in [0.5, 0.6) is 17.2 Å². The Labute approximate surface area is 181 Å². The van der Waals surface area contributed by atoms with Crippen LogP contribution in [0.4, 0.5) is 0 Å². The number of phenolic OH excluding ortho intramolecular Hbond substituents is 1. The molecule has 6 nitrogen and oxygen atoms in total. The molecule has 0 saturated carbocycles. The molecule has 0 aliphatic carbocycles. The summed E-state index contributed by atoms with van der Waals surface area (Å²) in [6, 6.07) is 24.3. The van der Waals surface area contributed by atoms with Crippen molar-refractivity contribution >= 4 is 5.71 Å². The average molecular weight is 413 g/mol. The second-order valence-electron chi connectivity index (χ2n) is 7.22. The Hall–Kier alpha value is -3.98. The maximum absolute atomic E-state index is 10.7. The highest BCUT2D eigenvalue weighted by Crippen LogP contribution is 2.43. The lowest BCUT2D eigenvalue weighted by atomic mass is 9.96. The van der Waals surface area contributed by atoms with Crippen LogP contribution >= 0.6 is 0 Å². The minimum atomic E-state index is -0.781. The van der Waals surface area contributed by atoms with Crippen molar-refractivity contribution in [1.29, 1.82) is 5.26 Å². The van der Waals surface area contributed by atoms with Crippen molar-refractivity contribution in [1.82, 2.24) is 5.01 Å². The highest BCUT2D eigenvalue weighted by Gasteiger charge is 2.36. The van der Waals surface area contributed by atoms with Gasteiger partial charge in [-0.1, -0.05) is 42.5 Å². The van der Waals surface area contributed by atoms with Gasteiger partial charge in [0, 0.05) is 12.0 Å². The molecule has 0 bridgehead atoms. The molecule has 0 spiro atoms. The number of para-hydroxylation sites is 1. The molecule has 1 N–H and O–H groups in total. The summed E-state index contributed by atoms with van der Waals surface area (Å²) >= 11 is 0. The first-order valence-electron chi connectivity index (χ1n) is 9.97. The first kappa shape index (κ1) is 20.3. The molecule has 156 valence electrons. The van der Waals surface area contributed by atoms with Gasteiger partial charge in [0.25, 0.3) is 0 Å². The molecule has 4 rings (SSSR count). The van der Waals surface area contributed by atoms with Gasteiger partial charge in [-0.15, -0.1) is 0 Å². The van der Waals surface area contributed by atoms with Crippen LogP contribution in [0.15, 0.2) is 77.9 Å². The molecule has 0 amide bonds. The fraction of sp³-hybridized carbons (Fsp3) is 0.200. The van der Waals surface area contributed by atoms with Crippen LogP contribution in [-0.4, -0.2) is 30.0 Å². The Bertz CT molecular complexity index is 1120. The van der Waals surface area contributed by atoms with E-state index in [0.717, 1.165) is 22.6 Å². The number of nitrogens with zero attached hydrogens (tertiary/aromatic N) is 3. The molecule has 6 heteroatoms. The van der Waals surface area contributed by atoms with Gasteiger partial charge in [-0.2, -0.15) is 10.4 Å². The number of rotatable bonds is 6. The molecule has 1 aliphatic heterocycles. The van der Waals surface area contributed by atoms with Crippen LogP contribution in [0, 0.1) is 11.3 Å². The molecule has 0 saturated heterocycles. The number of ether oxygens (including phenoxy) is 2. The number of hydrogen-bond acceptors (Lipinski definition) is 6. The van der Waals surface area contributed by atoms with Gasteiger partial charge in [-0.05, 0) is 41.5 Å². The predicted octanol–water partition coefficient (Wildman–Crippen LogP) is 4.83. The number of aromatic hydroxyl groups is 1. The first-order valence-corrected chi connectivity index (χ1v) is 9.97. The summed E-state index contributed by atoms with van der Waals surface area (Å²) in [5, 5.41) is 27.4. The van der Waals surface area contributed by atoms with Crippen molar-refractivity contribution in [2.24, 2.45) is 5.10 Å². The summed E-state index contributed by atoms with van der Waals surface area (Å²) in [4.78, 5) is 0. The van der Waals surface area contributed by atoms with Crippen LogP contribution in [0.1, 0.15) is 35.2 Å². The van der Waals surface area contributed by atoms with E-state index in [0.29, 0.717) is 17.7 Å². The largest absolute Gasteiger partial charge is 0.504 e. The molecule has 2 atom stereocenters. The van der Waals surface area contributed by atoms with Crippen LogP contribution in [0.3, 0.4) is 0 Å². The number of benzene rings is 3. The molecule has 1 heterocycles. The summed E-state index contributed by atoms with van der Waals surface area (Å²) in [5.74, 6) is 1.05. The fourth-order valence-corrected chi connectivity index (χ4v) is 3.86. The lowest BCUT2D eigenvalue weighted by Crippen LogP contribution is -2.24. The molecule has 0 unspecified atom stereocenters. The normalized spacial score (nSPS) is 16.4. The van der Waals surface area contributed by atoms with Gasteiger partial charge in [-0.3, -0.25) is 5.01 Å². The van der Waals surface area contributed by atoms with Crippen molar-refractivity contribution in [3.8, 4) is 23.3 Å². The van der Waals surface area contributed by atoms with Gasteiger partial charge in [0.1, 0.15) is 5.75 Å². The lowest BCUT2D eigenvalue weighted by molar-refractivity contribution is 0.193. The van der Waals surface area contributed by atoms with E-state index in [-0.39, 0.29) is 11.8 Å². The van der Waals surface area contributed by atoms with Crippen LogP contribution < -0.4 is 9.47 Å². The number of methoxy groups -OCH3 is 2. The molecule has 0 fully saturated rings. The molecular weight excluding hydrogens is 390 g/mol. The highest BCUT2D eigenvalue weighted by atomic mass is 16.5. The summed E-state index contributed by atoms with van der Waals surface area (Å²) in [6.45, 7) is 0. The summed E-state index contributed by atoms with van der Waals surface area (Å²) < 4.78 is 10.5. The molecule has 3 aromatic rings. The molecule has 3 aromatic carbocycles. The minimum Gasteiger partial charge on any atom is -0.504 e. The summed E-state index contributed by atoms with van der Waals surface area (Å²) in [6.07, 6.45) is 0.638. The van der Waals surface area contributed by atoms with E-state index in [4.69, 9.17) is 14.6 Å². The maximum Gasteiger partial charge on any atom is 0.164 e. The fourth-order valence-electron chi connectivity index (χ4n) is 3.86. The van der Waals surface area contributed by atoms with Gasteiger partial charge >= 0.3 is 0 Å². The highest BCUT2D eigenvalue weighted by molar-refractivity contribution is 6.02. The Kier molecular flexibility index (Phi) is 5.76. The van der Waals surface area contributed by atoms with E-state index in [1.54, 1.807) is 30.3 Å². The summed E-state index contributed by atoms with van der Waals surface area (Å²) in [5.41, 5.74) is 3.36. The van der Waals surface area contributed by atoms with E-state index < -0.39 is 6.04 Å². The number of hydrogen-bond donors (Lipinski definition) is 1. The van der Waals surface area contributed by atoms with Gasteiger partial charge < -0.3 is 14.6 Å². The maximum atomic E-state index is 10.7.